The van der Waals surface area contributed by atoms with Gasteiger partial charge < -0.3 is 0 Å². The first-order valence-electron chi connectivity index (χ1n) is 10.9. The second kappa shape index (κ2) is 6.80. The van der Waals surface area contributed by atoms with E-state index in [1.165, 1.54) is 55.6 Å². The monoisotopic (exact) mass is 408 g/mol. The zero-order chi connectivity index (χ0) is 20.4. The van der Waals surface area contributed by atoms with Gasteiger partial charge in [-0.05, 0) is 61.7 Å². The Labute approximate surface area is 189 Å². The van der Waals surface area contributed by atoms with Crippen molar-refractivity contribution < 1.29 is 0 Å². The lowest BCUT2D eigenvalue weighted by Gasteiger charge is -2.30. The van der Waals surface area contributed by atoms with Gasteiger partial charge in [-0.15, -0.1) is 0 Å². The third-order valence-corrected chi connectivity index (χ3v) is 7.10. The molecule has 0 radical (unpaired) electrons. The fourth-order valence-corrected chi connectivity index (χ4v) is 5.91. The Bertz CT molecular complexity index is 1430. The van der Waals surface area contributed by atoms with Crippen LogP contribution in [0.3, 0.4) is 0 Å². The smallest absolute Gasteiger partial charge is 0.0725 e. The van der Waals surface area contributed by atoms with E-state index >= 15 is 0 Å². The molecule has 0 atom stereocenters. The van der Waals surface area contributed by atoms with Crippen molar-refractivity contribution in [3.05, 3.63) is 144 Å². The summed E-state index contributed by atoms with van der Waals surface area (Å²) in [5, 5.41) is 0. The topological polar surface area (TPSA) is 0 Å². The number of hydrogen-bond donors (Lipinski definition) is 0. The van der Waals surface area contributed by atoms with E-state index in [2.05, 4.69) is 121 Å². The summed E-state index contributed by atoms with van der Waals surface area (Å²) in [5.74, 6) is 0. The highest BCUT2D eigenvalue weighted by Gasteiger charge is 2.51. The van der Waals surface area contributed by atoms with E-state index in [0.29, 0.717) is 0 Å². The van der Waals surface area contributed by atoms with Crippen LogP contribution in [0.2, 0.25) is 0 Å². The maximum Gasteiger partial charge on any atom is 0.0725 e. The minimum absolute atomic E-state index is 0. The highest BCUT2D eigenvalue weighted by molar-refractivity contribution is 5.95. The highest BCUT2D eigenvalue weighted by Crippen LogP contribution is 2.62. The van der Waals surface area contributed by atoms with Crippen LogP contribution in [0.1, 0.15) is 29.7 Å². The molecule has 0 fully saturated rings. The third-order valence-electron chi connectivity index (χ3n) is 7.10. The molecule has 5 aromatic rings. The molecule has 0 unspecified atom stereocenters. The summed E-state index contributed by atoms with van der Waals surface area (Å²) >= 11 is 0. The molecule has 0 saturated carbocycles. The van der Waals surface area contributed by atoms with Crippen LogP contribution >= 0.6 is 0 Å². The quantitative estimate of drug-likeness (QED) is 0.256. The van der Waals surface area contributed by atoms with Crippen molar-refractivity contribution in [1.29, 1.82) is 0 Å². The summed E-state index contributed by atoms with van der Waals surface area (Å²) in [6.45, 7) is 0. The van der Waals surface area contributed by atoms with Crippen LogP contribution < -0.4 is 0 Å². The summed E-state index contributed by atoms with van der Waals surface area (Å²) in [6.07, 6.45) is 0. The molecule has 1 spiro atoms. The zero-order valence-corrected chi connectivity index (χ0v) is 17.0. The predicted octanol–water partition coefficient (Wildman–Crippen LogP) is 8.33. The molecule has 0 heteroatoms. The fourth-order valence-electron chi connectivity index (χ4n) is 5.91. The predicted molar refractivity (Wildman–Crippen MR) is 135 cm³/mol. The average Bonchev–Trinajstić information content (AvgIpc) is 3.32. The van der Waals surface area contributed by atoms with Crippen molar-refractivity contribution in [3.8, 4) is 33.4 Å². The standard InChI is InChI=1S/C31H20.CH4/c1-2-10-21(11-3-1)22-18-19-30-26(20-22)25-14-6-9-17-29(25)31(30)27-15-7-4-12-23(27)24-13-5-8-16-28(24)31;/h1-20H;1H4. The second-order valence-electron chi connectivity index (χ2n) is 8.51. The molecule has 0 heterocycles. The number of benzene rings is 5. The largest absolute Gasteiger partial charge is 0.0776 e. The van der Waals surface area contributed by atoms with E-state index in [4.69, 9.17) is 0 Å². The molecule has 2 aliphatic rings. The average molecular weight is 409 g/mol. The van der Waals surface area contributed by atoms with Crippen molar-refractivity contribution >= 4 is 0 Å². The van der Waals surface area contributed by atoms with E-state index in [9.17, 15) is 0 Å². The number of fused-ring (bicyclic) bond motifs is 10. The van der Waals surface area contributed by atoms with Crippen LogP contribution in [0.4, 0.5) is 0 Å². The van der Waals surface area contributed by atoms with Crippen LogP contribution in [0, 0.1) is 0 Å². The van der Waals surface area contributed by atoms with Gasteiger partial charge in [0, 0.05) is 0 Å². The van der Waals surface area contributed by atoms with Crippen LogP contribution in [0.5, 0.6) is 0 Å². The second-order valence-corrected chi connectivity index (χ2v) is 8.51. The Morgan fingerprint density at radius 2 is 0.781 bits per heavy atom. The van der Waals surface area contributed by atoms with E-state index in [1.807, 2.05) is 0 Å². The van der Waals surface area contributed by atoms with Crippen LogP contribution in [0.15, 0.2) is 121 Å². The first kappa shape index (κ1) is 18.8. The van der Waals surface area contributed by atoms with Crippen LogP contribution in [-0.2, 0) is 5.41 Å². The van der Waals surface area contributed by atoms with E-state index in [0.717, 1.165) is 0 Å². The molecule has 0 saturated heterocycles. The van der Waals surface area contributed by atoms with Gasteiger partial charge in [0.15, 0.2) is 0 Å². The molecule has 32 heavy (non-hydrogen) atoms. The molecule has 0 nitrogen and oxygen atoms in total. The third kappa shape index (κ3) is 2.22. The lowest BCUT2D eigenvalue weighted by Crippen LogP contribution is -2.25. The summed E-state index contributed by atoms with van der Waals surface area (Å²) in [6, 6.07) is 44.6. The molecular formula is C32H24. The van der Waals surface area contributed by atoms with Crippen molar-refractivity contribution in [2.24, 2.45) is 0 Å². The van der Waals surface area contributed by atoms with Crippen molar-refractivity contribution in [3.63, 3.8) is 0 Å². The number of rotatable bonds is 1. The summed E-state index contributed by atoms with van der Waals surface area (Å²) in [5.41, 5.74) is 13.3. The van der Waals surface area contributed by atoms with E-state index in [1.54, 1.807) is 0 Å². The van der Waals surface area contributed by atoms with Crippen LogP contribution in [-0.4, -0.2) is 0 Å². The summed E-state index contributed by atoms with van der Waals surface area (Å²) in [7, 11) is 0. The minimum Gasteiger partial charge on any atom is -0.0776 e. The zero-order valence-electron chi connectivity index (χ0n) is 17.0. The SMILES string of the molecule is C.c1ccc(-c2ccc3c(c2)-c2ccccc2C32c3ccccc3-c3ccccc32)cc1. The van der Waals surface area contributed by atoms with Gasteiger partial charge in [0.2, 0.25) is 0 Å². The van der Waals surface area contributed by atoms with Gasteiger partial charge in [0.05, 0.1) is 5.41 Å². The molecule has 0 bridgehead atoms. The molecule has 0 amide bonds. The van der Waals surface area contributed by atoms with Crippen molar-refractivity contribution in [2.45, 2.75) is 12.8 Å². The van der Waals surface area contributed by atoms with E-state index in [-0.39, 0.29) is 12.8 Å². The van der Waals surface area contributed by atoms with Gasteiger partial charge >= 0.3 is 0 Å². The maximum atomic E-state index is 2.39. The van der Waals surface area contributed by atoms with Gasteiger partial charge in [-0.1, -0.05) is 123 Å². The molecule has 5 aromatic carbocycles. The van der Waals surface area contributed by atoms with Gasteiger partial charge in [0.25, 0.3) is 0 Å². The Morgan fingerprint density at radius 3 is 1.34 bits per heavy atom. The molecule has 0 N–H and O–H groups in total. The lowest BCUT2D eigenvalue weighted by atomic mass is 9.70. The number of hydrogen-bond acceptors (Lipinski definition) is 0. The summed E-state index contributed by atoms with van der Waals surface area (Å²) in [4.78, 5) is 0. The maximum absolute atomic E-state index is 2.39. The fraction of sp³-hybridized carbons (Fsp3) is 0.0625. The molecular weight excluding hydrogens is 384 g/mol. The molecule has 152 valence electrons. The Balaban J connectivity index is 0.00000196. The Kier molecular flexibility index (Phi) is 4.00. The Morgan fingerprint density at radius 1 is 0.344 bits per heavy atom. The van der Waals surface area contributed by atoms with E-state index < -0.39 is 0 Å². The molecule has 0 aliphatic heterocycles. The molecule has 0 aromatic heterocycles. The first-order valence-corrected chi connectivity index (χ1v) is 10.9. The first-order chi connectivity index (χ1) is 15.4. The van der Waals surface area contributed by atoms with Gasteiger partial charge in [-0.3, -0.25) is 0 Å². The normalized spacial score (nSPS) is 13.6. The minimum atomic E-state index is -0.242. The van der Waals surface area contributed by atoms with Crippen molar-refractivity contribution in [1.82, 2.24) is 0 Å². The van der Waals surface area contributed by atoms with Gasteiger partial charge in [-0.25, -0.2) is 0 Å². The highest BCUT2D eigenvalue weighted by atomic mass is 14.5. The Hall–Kier alpha value is -3.90. The van der Waals surface area contributed by atoms with Crippen LogP contribution in [0.25, 0.3) is 33.4 Å². The van der Waals surface area contributed by atoms with Gasteiger partial charge in [0.1, 0.15) is 0 Å². The summed E-state index contributed by atoms with van der Waals surface area (Å²) < 4.78 is 0. The lowest BCUT2D eigenvalue weighted by molar-refractivity contribution is 0.794. The van der Waals surface area contributed by atoms with Crippen molar-refractivity contribution in [2.75, 3.05) is 0 Å². The van der Waals surface area contributed by atoms with Gasteiger partial charge in [-0.2, -0.15) is 0 Å². The molecule has 2 aliphatic carbocycles. The molecule has 7 rings (SSSR count).